The molecule has 2 N–H and O–H groups in total. The lowest BCUT2D eigenvalue weighted by Crippen LogP contribution is -2.22. The molecule has 0 saturated carbocycles. The number of hydrogen-bond donors (Lipinski definition) is 2. The lowest BCUT2D eigenvalue weighted by molar-refractivity contribution is 0.0702. The summed E-state index contributed by atoms with van der Waals surface area (Å²) in [5.41, 5.74) is 1.09. The molecule has 17 heavy (non-hydrogen) atoms. The van der Waals surface area contributed by atoms with Gasteiger partial charge in [-0.05, 0) is 30.9 Å². The first-order chi connectivity index (χ1) is 8.16. The molecule has 1 aromatic heterocycles. The lowest BCUT2D eigenvalue weighted by atomic mass is 10.1. The third kappa shape index (κ3) is 3.28. The monoisotopic (exact) mass is 255 g/mol. The molecule has 1 aliphatic heterocycles. The van der Waals surface area contributed by atoms with Crippen LogP contribution in [0.1, 0.15) is 26.5 Å². The van der Waals surface area contributed by atoms with Crippen molar-refractivity contribution >= 4 is 17.3 Å². The zero-order valence-electron chi connectivity index (χ0n) is 9.86. The minimum atomic E-state index is -0.839. The average Bonchev–Trinajstić information content (AvgIpc) is 2.89. The van der Waals surface area contributed by atoms with Gasteiger partial charge in [-0.1, -0.05) is 0 Å². The van der Waals surface area contributed by atoms with Gasteiger partial charge in [0, 0.05) is 24.6 Å². The summed E-state index contributed by atoms with van der Waals surface area (Å²) in [5.74, 6) is -0.235. The molecule has 2 rings (SSSR count). The van der Waals surface area contributed by atoms with Gasteiger partial charge in [0.1, 0.15) is 4.88 Å². The van der Waals surface area contributed by atoms with Crippen LogP contribution >= 0.6 is 11.3 Å². The van der Waals surface area contributed by atoms with Gasteiger partial charge in [0.25, 0.3) is 0 Å². The summed E-state index contributed by atoms with van der Waals surface area (Å²) in [7, 11) is 0. The first-order valence-electron chi connectivity index (χ1n) is 5.78. The highest BCUT2D eigenvalue weighted by molar-refractivity contribution is 7.14. The van der Waals surface area contributed by atoms with Crippen LogP contribution in [0.15, 0.2) is 6.07 Å². The number of nitrogens with one attached hydrogen (secondary N) is 1. The first-order valence-corrected chi connectivity index (χ1v) is 6.59. The minimum Gasteiger partial charge on any atom is -0.477 e. The number of carboxylic acids is 1. The van der Waals surface area contributed by atoms with Crippen molar-refractivity contribution in [3.8, 4) is 0 Å². The van der Waals surface area contributed by atoms with E-state index in [0.717, 1.165) is 43.2 Å². The van der Waals surface area contributed by atoms with E-state index < -0.39 is 5.97 Å². The summed E-state index contributed by atoms with van der Waals surface area (Å²) in [6, 6.07) is 1.76. The molecule has 0 spiro atoms. The van der Waals surface area contributed by atoms with Crippen LogP contribution in [0.5, 0.6) is 0 Å². The second kappa shape index (κ2) is 5.62. The van der Waals surface area contributed by atoms with Crippen LogP contribution < -0.4 is 5.32 Å². The molecule has 0 aliphatic carbocycles. The largest absolute Gasteiger partial charge is 0.477 e. The summed E-state index contributed by atoms with van der Waals surface area (Å²) in [5, 5.41) is 12.3. The number of carboxylic acid groups (broad SMARTS) is 1. The van der Waals surface area contributed by atoms with Crippen molar-refractivity contribution in [1.29, 1.82) is 0 Å². The van der Waals surface area contributed by atoms with Crippen molar-refractivity contribution in [3.05, 3.63) is 21.4 Å². The Hall–Kier alpha value is -0.910. The maximum atomic E-state index is 10.8. The fourth-order valence-corrected chi connectivity index (χ4v) is 2.84. The third-order valence-electron chi connectivity index (χ3n) is 3.00. The van der Waals surface area contributed by atoms with Crippen molar-refractivity contribution in [3.63, 3.8) is 0 Å². The van der Waals surface area contributed by atoms with Crippen LogP contribution in [-0.2, 0) is 11.3 Å². The fraction of sp³-hybridized carbons (Fsp3) is 0.583. The zero-order chi connectivity index (χ0) is 12.3. The molecule has 1 aliphatic rings. The van der Waals surface area contributed by atoms with Crippen molar-refractivity contribution in [2.45, 2.75) is 19.9 Å². The second-order valence-electron chi connectivity index (χ2n) is 4.36. The Kier molecular flexibility index (Phi) is 4.15. The van der Waals surface area contributed by atoms with Gasteiger partial charge in [0.05, 0.1) is 6.61 Å². The van der Waals surface area contributed by atoms with Gasteiger partial charge in [-0.3, -0.25) is 0 Å². The highest BCUT2D eigenvalue weighted by atomic mass is 32.1. The van der Waals surface area contributed by atoms with E-state index in [9.17, 15) is 4.79 Å². The molecule has 2 heterocycles. The fourth-order valence-electron chi connectivity index (χ4n) is 1.96. The standard InChI is InChI=1S/C12H17NO3S/c1-8-10(4-11(17-8)12(14)15)6-13-5-9-2-3-16-7-9/h4,9,13H,2-3,5-7H2,1H3,(H,14,15). The normalized spacial score (nSPS) is 19.7. The van der Waals surface area contributed by atoms with Crippen LogP contribution in [0.25, 0.3) is 0 Å². The Morgan fingerprint density at radius 1 is 1.71 bits per heavy atom. The molecular formula is C12H17NO3S. The maximum absolute atomic E-state index is 10.8. The SMILES string of the molecule is Cc1sc(C(=O)O)cc1CNCC1CCOC1. The molecule has 1 unspecified atom stereocenters. The minimum absolute atomic E-state index is 0.420. The molecule has 94 valence electrons. The van der Waals surface area contributed by atoms with Gasteiger partial charge in [0.15, 0.2) is 0 Å². The molecule has 0 amide bonds. The van der Waals surface area contributed by atoms with Crippen molar-refractivity contribution in [2.75, 3.05) is 19.8 Å². The van der Waals surface area contributed by atoms with Crippen molar-refractivity contribution in [1.82, 2.24) is 5.32 Å². The number of thiophene rings is 1. The van der Waals surface area contributed by atoms with E-state index in [4.69, 9.17) is 9.84 Å². The Bertz CT molecular complexity index is 396. The number of carbonyl (C=O) groups is 1. The number of rotatable bonds is 5. The molecule has 1 aromatic rings. The molecular weight excluding hydrogens is 238 g/mol. The Labute approximate surface area is 105 Å². The van der Waals surface area contributed by atoms with Crippen LogP contribution in [0.3, 0.4) is 0 Å². The number of aryl methyl sites for hydroxylation is 1. The summed E-state index contributed by atoms with van der Waals surface area (Å²) in [6.07, 6.45) is 1.12. The highest BCUT2D eigenvalue weighted by Crippen LogP contribution is 2.21. The smallest absolute Gasteiger partial charge is 0.345 e. The van der Waals surface area contributed by atoms with Crippen LogP contribution in [0.4, 0.5) is 0 Å². The third-order valence-corrected chi connectivity index (χ3v) is 4.08. The van der Waals surface area contributed by atoms with Gasteiger partial charge in [0.2, 0.25) is 0 Å². The molecule has 0 bridgehead atoms. The Morgan fingerprint density at radius 2 is 2.53 bits per heavy atom. The second-order valence-corrected chi connectivity index (χ2v) is 5.61. The summed E-state index contributed by atoms with van der Waals surface area (Å²) < 4.78 is 5.30. The van der Waals surface area contributed by atoms with E-state index in [2.05, 4.69) is 5.32 Å². The van der Waals surface area contributed by atoms with E-state index in [1.54, 1.807) is 6.07 Å². The molecule has 1 atom stereocenters. The lowest BCUT2D eigenvalue weighted by Gasteiger charge is -2.08. The Balaban J connectivity index is 1.83. The van der Waals surface area contributed by atoms with E-state index in [1.165, 1.54) is 11.3 Å². The van der Waals surface area contributed by atoms with E-state index in [0.29, 0.717) is 10.8 Å². The van der Waals surface area contributed by atoms with Gasteiger partial charge >= 0.3 is 5.97 Å². The van der Waals surface area contributed by atoms with E-state index >= 15 is 0 Å². The predicted octanol–water partition coefficient (Wildman–Crippen LogP) is 1.88. The summed E-state index contributed by atoms with van der Waals surface area (Å²) >= 11 is 1.34. The van der Waals surface area contributed by atoms with Gasteiger partial charge in [-0.15, -0.1) is 11.3 Å². The topological polar surface area (TPSA) is 58.6 Å². The quantitative estimate of drug-likeness (QED) is 0.843. The maximum Gasteiger partial charge on any atom is 0.345 e. The van der Waals surface area contributed by atoms with Crippen LogP contribution in [-0.4, -0.2) is 30.8 Å². The summed E-state index contributed by atoms with van der Waals surface area (Å²) in [6.45, 7) is 5.36. The molecule has 5 heteroatoms. The number of ether oxygens (including phenoxy) is 1. The summed E-state index contributed by atoms with van der Waals surface area (Å²) in [4.78, 5) is 12.3. The predicted molar refractivity (Wildman–Crippen MR) is 66.6 cm³/mol. The molecule has 0 radical (unpaired) electrons. The van der Waals surface area contributed by atoms with Crippen LogP contribution in [0.2, 0.25) is 0 Å². The number of aromatic carboxylic acids is 1. The van der Waals surface area contributed by atoms with E-state index in [1.807, 2.05) is 6.92 Å². The highest BCUT2D eigenvalue weighted by Gasteiger charge is 2.15. The van der Waals surface area contributed by atoms with Crippen molar-refractivity contribution < 1.29 is 14.6 Å². The number of hydrogen-bond acceptors (Lipinski definition) is 4. The molecule has 0 aromatic carbocycles. The molecule has 1 fully saturated rings. The van der Waals surface area contributed by atoms with Gasteiger partial charge in [-0.25, -0.2) is 4.79 Å². The molecule has 1 saturated heterocycles. The zero-order valence-corrected chi connectivity index (χ0v) is 10.7. The van der Waals surface area contributed by atoms with Crippen molar-refractivity contribution in [2.24, 2.45) is 5.92 Å². The first kappa shape index (κ1) is 12.5. The van der Waals surface area contributed by atoms with Gasteiger partial charge < -0.3 is 15.2 Å². The van der Waals surface area contributed by atoms with E-state index in [-0.39, 0.29) is 0 Å². The van der Waals surface area contributed by atoms with Crippen LogP contribution in [0, 0.1) is 12.8 Å². The van der Waals surface area contributed by atoms with Gasteiger partial charge in [-0.2, -0.15) is 0 Å². The average molecular weight is 255 g/mol. The Morgan fingerprint density at radius 3 is 3.12 bits per heavy atom. The molecule has 4 nitrogen and oxygen atoms in total.